The van der Waals surface area contributed by atoms with Gasteiger partial charge in [-0.05, 0) is 30.5 Å². The summed E-state index contributed by atoms with van der Waals surface area (Å²) in [6.07, 6.45) is 3.92. The van der Waals surface area contributed by atoms with Crippen molar-refractivity contribution in [3.05, 3.63) is 42.1 Å². The van der Waals surface area contributed by atoms with Crippen molar-refractivity contribution in [1.29, 1.82) is 0 Å². The van der Waals surface area contributed by atoms with Gasteiger partial charge in [0.25, 0.3) is 0 Å². The highest BCUT2D eigenvalue weighted by atomic mass is 35.5. The molecule has 0 N–H and O–H groups in total. The molecule has 0 aliphatic rings. The van der Waals surface area contributed by atoms with E-state index in [2.05, 4.69) is 17.1 Å². The number of rotatable bonds is 3. The second-order valence-electron chi connectivity index (χ2n) is 3.28. The van der Waals surface area contributed by atoms with Gasteiger partial charge in [0.05, 0.1) is 5.52 Å². The summed E-state index contributed by atoms with van der Waals surface area (Å²) >= 11 is 5.69. The first-order valence-corrected chi connectivity index (χ1v) is 5.34. The van der Waals surface area contributed by atoms with Gasteiger partial charge in [-0.2, -0.15) is 0 Å². The van der Waals surface area contributed by atoms with E-state index < -0.39 is 0 Å². The maximum Gasteiger partial charge on any atom is 0.0704 e. The number of benzene rings is 1. The highest BCUT2D eigenvalue weighted by Crippen LogP contribution is 2.17. The molecule has 0 saturated carbocycles. The van der Waals surface area contributed by atoms with Crippen molar-refractivity contribution >= 4 is 34.9 Å². The predicted octanol–water partition coefficient (Wildman–Crippen LogP) is 3.83. The third kappa shape index (κ3) is 2.83. The number of alkyl halides is 1. The number of halogens is 2. The van der Waals surface area contributed by atoms with Crippen molar-refractivity contribution in [3.63, 3.8) is 0 Å². The van der Waals surface area contributed by atoms with E-state index in [4.69, 9.17) is 11.6 Å². The Bertz CT molecular complexity index is 423. The van der Waals surface area contributed by atoms with Crippen molar-refractivity contribution in [2.45, 2.75) is 12.8 Å². The number of fused-ring (bicyclic) bond motifs is 1. The fraction of sp³-hybridized carbons (Fsp3) is 0.250. The van der Waals surface area contributed by atoms with Gasteiger partial charge in [-0.1, -0.05) is 18.2 Å². The van der Waals surface area contributed by atoms with Crippen molar-refractivity contribution in [3.8, 4) is 0 Å². The second-order valence-corrected chi connectivity index (χ2v) is 3.66. The molecule has 0 unspecified atom stereocenters. The molecular formula is C12H13Cl2N. The largest absolute Gasteiger partial charge is 0.256 e. The molecule has 1 nitrogen and oxygen atoms in total. The quantitative estimate of drug-likeness (QED) is 0.745. The van der Waals surface area contributed by atoms with Crippen LogP contribution in [0.25, 0.3) is 10.9 Å². The molecule has 80 valence electrons. The summed E-state index contributed by atoms with van der Waals surface area (Å²) in [6, 6.07) is 10.3. The molecule has 0 amide bonds. The van der Waals surface area contributed by atoms with Crippen LogP contribution in [0.15, 0.2) is 36.5 Å². The lowest BCUT2D eigenvalue weighted by molar-refractivity contribution is 0.935. The summed E-state index contributed by atoms with van der Waals surface area (Å²) in [5.41, 5.74) is 2.41. The zero-order valence-electron chi connectivity index (χ0n) is 8.32. The first-order chi connectivity index (χ1) is 6.92. The topological polar surface area (TPSA) is 12.9 Å². The van der Waals surface area contributed by atoms with Crippen LogP contribution in [0.1, 0.15) is 12.0 Å². The average molecular weight is 242 g/mol. The fourth-order valence-corrected chi connectivity index (χ4v) is 1.76. The van der Waals surface area contributed by atoms with Crippen LogP contribution in [0.3, 0.4) is 0 Å². The van der Waals surface area contributed by atoms with Gasteiger partial charge in [-0.3, -0.25) is 4.98 Å². The van der Waals surface area contributed by atoms with E-state index in [1.165, 1.54) is 10.9 Å². The molecule has 0 fully saturated rings. The van der Waals surface area contributed by atoms with Crippen molar-refractivity contribution in [2.75, 3.05) is 5.88 Å². The van der Waals surface area contributed by atoms with Crippen LogP contribution in [0, 0.1) is 0 Å². The van der Waals surface area contributed by atoms with E-state index in [0.29, 0.717) is 0 Å². The third-order valence-corrected chi connectivity index (χ3v) is 2.59. The number of aromatic nitrogens is 1. The van der Waals surface area contributed by atoms with Crippen LogP contribution in [0.2, 0.25) is 0 Å². The summed E-state index contributed by atoms with van der Waals surface area (Å²) in [5.74, 6) is 0.719. The minimum Gasteiger partial charge on any atom is -0.256 e. The van der Waals surface area contributed by atoms with Gasteiger partial charge in [0.1, 0.15) is 0 Å². The molecule has 2 rings (SSSR count). The van der Waals surface area contributed by atoms with Crippen molar-refractivity contribution < 1.29 is 0 Å². The Morgan fingerprint density at radius 2 is 1.93 bits per heavy atom. The Labute approximate surface area is 101 Å². The van der Waals surface area contributed by atoms with E-state index >= 15 is 0 Å². The molecule has 15 heavy (non-hydrogen) atoms. The van der Waals surface area contributed by atoms with Crippen LogP contribution in [-0.2, 0) is 6.42 Å². The van der Waals surface area contributed by atoms with E-state index in [0.717, 1.165) is 24.2 Å². The lowest BCUT2D eigenvalue weighted by Crippen LogP contribution is -1.89. The van der Waals surface area contributed by atoms with Crippen molar-refractivity contribution in [1.82, 2.24) is 4.98 Å². The van der Waals surface area contributed by atoms with Crippen LogP contribution in [-0.4, -0.2) is 10.9 Å². The minimum absolute atomic E-state index is 0. The number of hydrogen-bond donors (Lipinski definition) is 0. The predicted molar refractivity (Wildman–Crippen MR) is 68.0 cm³/mol. The Hall–Kier alpha value is -0.790. The van der Waals surface area contributed by atoms with Crippen LogP contribution < -0.4 is 0 Å². The highest BCUT2D eigenvalue weighted by molar-refractivity contribution is 6.17. The number of para-hydroxylation sites is 1. The molecule has 0 bridgehead atoms. The van der Waals surface area contributed by atoms with Crippen LogP contribution in [0.4, 0.5) is 0 Å². The molecule has 1 aromatic heterocycles. The summed E-state index contributed by atoms with van der Waals surface area (Å²) in [6.45, 7) is 0. The lowest BCUT2D eigenvalue weighted by atomic mass is 10.1. The van der Waals surface area contributed by atoms with E-state index in [1.807, 2.05) is 24.4 Å². The van der Waals surface area contributed by atoms with E-state index in [-0.39, 0.29) is 12.4 Å². The molecule has 3 heteroatoms. The van der Waals surface area contributed by atoms with Gasteiger partial charge in [0, 0.05) is 17.5 Å². The highest BCUT2D eigenvalue weighted by Gasteiger charge is 1.99. The van der Waals surface area contributed by atoms with Gasteiger partial charge in [0.15, 0.2) is 0 Å². The maximum atomic E-state index is 5.69. The third-order valence-electron chi connectivity index (χ3n) is 2.32. The molecule has 0 aliphatic heterocycles. The Morgan fingerprint density at radius 1 is 1.13 bits per heavy atom. The summed E-state index contributed by atoms with van der Waals surface area (Å²) in [4.78, 5) is 4.32. The fourth-order valence-electron chi connectivity index (χ4n) is 1.63. The van der Waals surface area contributed by atoms with Crippen molar-refractivity contribution in [2.24, 2.45) is 0 Å². The summed E-state index contributed by atoms with van der Waals surface area (Å²) in [7, 11) is 0. The molecular weight excluding hydrogens is 229 g/mol. The van der Waals surface area contributed by atoms with E-state index in [9.17, 15) is 0 Å². The van der Waals surface area contributed by atoms with Crippen LogP contribution >= 0.6 is 24.0 Å². The van der Waals surface area contributed by atoms with Gasteiger partial charge in [0.2, 0.25) is 0 Å². The molecule has 2 aromatic rings. The lowest BCUT2D eigenvalue weighted by Gasteiger charge is -2.03. The number of hydrogen-bond acceptors (Lipinski definition) is 1. The SMILES string of the molecule is Cl.ClCCCc1ccnc2ccccc12. The van der Waals surface area contributed by atoms with Gasteiger partial charge in [-0.15, -0.1) is 24.0 Å². The first kappa shape index (κ1) is 12.3. The van der Waals surface area contributed by atoms with Crippen LogP contribution in [0.5, 0.6) is 0 Å². The normalized spacial score (nSPS) is 9.93. The zero-order valence-corrected chi connectivity index (χ0v) is 9.89. The molecule has 0 radical (unpaired) electrons. The Morgan fingerprint density at radius 3 is 2.73 bits per heavy atom. The smallest absolute Gasteiger partial charge is 0.0704 e. The molecule has 0 saturated heterocycles. The standard InChI is InChI=1S/C12H12ClN.ClH/c13-8-3-4-10-7-9-14-12-6-2-1-5-11(10)12;/h1-2,5-7,9H,3-4,8H2;1H. The summed E-state index contributed by atoms with van der Waals surface area (Å²) in [5, 5.41) is 1.25. The molecule has 1 aromatic carbocycles. The molecule has 0 spiro atoms. The average Bonchev–Trinajstić information content (AvgIpc) is 2.26. The first-order valence-electron chi connectivity index (χ1n) is 4.80. The van der Waals surface area contributed by atoms with E-state index in [1.54, 1.807) is 0 Å². The Kier molecular flexibility index (Phi) is 4.86. The second kappa shape index (κ2) is 5.94. The minimum atomic E-state index is 0. The Balaban J connectivity index is 0.00000112. The number of aryl methyl sites for hydroxylation is 1. The molecule has 0 atom stereocenters. The monoisotopic (exact) mass is 241 g/mol. The zero-order chi connectivity index (χ0) is 9.80. The van der Waals surface area contributed by atoms with Gasteiger partial charge in [-0.25, -0.2) is 0 Å². The number of pyridine rings is 1. The molecule has 1 heterocycles. The molecule has 0 aliphatic carbocycles. The number of nitrogens with zero attached hydrogens (tertiary/aromatic N) is 1. The summed E-state index contributed by atoms with van der Waals surface area (Å²) < 4.78 is 0. The van der Waals surface area contributed by atoms with Gasteiger partial charge < -0.3 is 0 Å². The van der Waals surface area contributed by atoms with Gasteiger partial charge >= 0.3 is 0 Å². The maximum absolute atomic E-state index is 5.69.